The predicted molar refractivity (Wildman–Crippen MR) is 83.2 cm³/mol. The third-order valence-corrected chi connectivity index (χ3v) is 3.87. The quantitative estimate of drug-likeness (QED) is 0.576. The van der Waals surface area contributed by atoms with Gasteiger partial charge in [0.1, 0.15) is 5.82 Å². The summed E-state index contributed by atoms with van der Waals surface area (Å²) in [7, 11) is 1.90. The van der Waals surface area contributed by atoms with Crippen LogP contribution in [0.25, 0.3) is 0 Å². The van der Waals surface area contributed by atoms with Gasteiger partial charge >= 0.3 is 0 Å². The van der Waals surface area contributed by atoms with Crippen molar-refractivity contribution < 1.29 is 4.39 Å². The van der Waals surface area contributed by atoms with Crippen LogP contribution >= 0.6 is 0 Å². The molecule has 0 aliphatic heterocycles. The number of halogens is 1. The molecule has 3 heteroatoms. The Morgan fingerprint density at radius 2 is 1.75 bits per heavy atom. The Balaban J connectivity index is 2.18. The summed E-state index contributed by atoms with van der Waals surface area (Å²) in [6, 6.07) is 1.89. The fourth-order valence-corrected chi connectivity index (χ4v) is 2.61. The van der Waals surface area contributed by atoms with Gasteiger partial charge in [0.05, 0.1) is 6.20 Å². The highest BCUT2D eigenvalue weighted by molar-refractivity contribution is 5.17. The van der Waals surface area contributed by atoms with Gasteiger partial charge in [-0.05, 0) is 19.5 Å². The zero-order chi connectivity index (χ0) is 14.6. The highest BCUT2D eigenvalue weighted by Crippen LogP contribution is 2.22. The molecule has 0 saturated carbocycles. The topological polar surface area (TPSA) is 24.9 Å². The van der Waals surface area contributed by atoms with Gasteiger partial charge in [-0.3, -0.25) is 4.98 Å². The molecular formula is C17H29FN2. The smallest absolute Gasteiger partial charge is 0.146 e. The van der Waals surface area contributed by atoms with Crippen molar-refractivity contribution in [1.82, 2.24) is 10.3 Å². The van der Waals surface area contributed by atoms with Crippen LogP contribution in [0.15, 0.2) is 18.5 Å². The zero-order valence-corrected chi connectivity index (χ0v) is 13.0. The molecule has 114 valence electrons. The van der Waals surface area contributed by atoms with Gasteiger partial charge in [0, 0.05) is 17.8 Å². The van der Waals surface area contributed by atoms with Crippen LogP contribution < -0.4 is 5.32 Å². The third-order valence-electron chi connectivity index (χ3n) is 3.87. The summed E-state index contributed by atoms with van der Waals surface area (Å²) in [5.41, 5.74) is 0.741. The van der Waals surface area contributed by atoms with E-state index in [0.717, 1.165) is 18.4 Å². The normalized spacial score (nSPS) is 12.6. The van der Waals surface area contributed by atoms with Crippen molar-refractivity contribution in [2.45, 2.75) is 70.8 Å². The van der Waals surface area contributed by atoms with E-state index in [1.165, 1.54) is 51.1 Å². The van der Waals surface area contributed by atoms with Crippen molar-refractivity contribution in [3.05, 3.63) is 29.8 Å². The van der Waals surface area contributed by atoms with Gasteiger partial charge in [-0.2, -0.15) is 0 Å². The molecule has 1 heterocycles. The third kappa shape index (κ3) is 6.47. The highest BCUT2D eigenvalue weighted by atomic mass is 19.1. The Bertz CT molecular complexity index is 355. The molecule has 0 aliphatic carbocycles. The van der Waals surface area contributed by atoms with E-state index in [2.05, 4.69) is 17.2 Å². The standard InChI is InChI=1S/C17H29FN2/c1-3-4-5-6-7-8-9-10-11-17(19-2)15-12-13-20-14-16(15)18/h12-14,17,19H,3-11H2,1-2H3. The molecule has 1 N–H and O–H groups in total. The predicted octanol–water partition coefficient (Wildman–Crippen LogP) is 5.01. The number of pyridine rings is 1. The van der Waals surface area contributed by atoms with Crippen LogP contribution in [-0.4, -0.2) is 12.0 Å². The fourth-order valence-electron chi connectivity index (χ4n) is 2.61. The van der Waals surface area contributed by atoms with Gasteiger partial charge in [0.15, 0.2) is 0 Å². The molecule has 1 unspecified atom stereocenters. The van der Waals surface area contributed by atoms with Crippen molar-refractivity contribution in [2.24, 2.45) is 0 Å². The van der Waals surface area contributed by atoms with Crippen LogP contribution in [0.4, 0.5) is 4.39 Å². The highest BCUT2D eigenvalue weighted by Gasteiger charge is 2.12. The van der Waals surface area contributed by atoms with Crippen molar-refractivity contribution in [2.75, 3.05) is 7.05 Å². The first-order chi connectivity index (χ1) is 9.79. The molecule has 1 aromatic heterocycles. The van der Waals surface area contributed by atoms with E-state index < -0.39 is 0 Å². The molecule has 0 radical (unpaired) electrons. The summed E-state index contributed by atoms with van der Waals surface area (Å²) in [6.45, 7) is 2.25. The van der Waals surface area contributed by atoms with Crippen LogP contribution in [0.5, 0.6) is 0 Å². The lowest BCUT2D eigenvalue weighted by Crippen LogP contribution is -2.17. The number of hydrogen-bond donors (Lipinski definition) is 1. The average molecular weight is 280 g/mol. The lowest BCUT2D eigenvalue weighted by atomic mass is 10.00. The minimum absolute atomic E-state index is 0.109. The van der Waals surface area contributed by atoms with E-state index in [4.69, 9.17) is 0 Å². The lowest BCUT2D eigenvalue weighted by molar-refractivity contribution is 0.473. The molecule has 20 heavy (non-hydrogen) atoms. The maximum absolute atomic E-state index is 13.7. The summed E-state index contributed by atoms with van der Waals surface area (Å²) in [5, 5.41) is 3.21. The molecule has 0 aliphatic rings. The molecule has 0 amide bonds. The van der Waals surface area contributed by atoms with E-state index in [1.54, 1.807) is 12.3 Å². The van der Waals surface area contributed by atoms with Crippen molar-refractivity contribution in [3.63, 3.8) is 0 Å². The second kappa shape index (κ2) is 10.8. The van der Waals surface area contributed by atoms with Crippen molar-refractivity contribution in [1.29, 1.82) is 0 Å². The molecule has 2 nitrogen and oxygen atoms in total. The first kappa shape index (κ1) is 17.1. The number of nitrogens with zero attached hydrogens (tertiary/aromatic N) is 1. The molecule has 1 atom stereocenters. The number of hydrogen-bond acceptors (Lipinski definition) is 2. The van der Waals surface area contributed by atoms with E-state index >= 15 is 0 Å². The van der Waals surface area contributed by atoms with Gasteiger partial charge < -0.3 is 5.32 Å². The molecular weight excluding hydrogens is 251 g/mol. The summed E-state index contributed by atoms with van der Waals surface area (Å²) in [5.74, 6) is -0.202. The molecule has 0 aromatic carbocycles. The number of unbranched alkanes of at least 4 members (excludes halogenated alkanes) is 7. The Morgan fingerprint density at radius 3 is 2.35 bits per heavy atom. The molecule has 0 fully saturated rings. The van der Waals surface area contributed by atoms with Gasteiger partial charge in [-0.15, -0.1) is 0 Å². The summed E-state index contributed by atoms with van der Waals surface area (Å²) < 4.78 is 13.7. The van der Waals surface area contributed by atoms with E-state index in [9.17, 15) is 4.39 Å². The zero-order valence-electron chi connectivity index (χ0n) is 13.0. The number of aromatic nitrogens is 1. The maximum Gasteiger partial charge on any atom is 0.146 e. The summed E-state index contributed by atoms with van der Waals surface area (Å²) in [6.07, 6.45) is 14.4. The van der Waals surface area contributed by atoms with Crippen LogP contribution in [-0.2, 0) is 0 Å². The fraction of sp³-hybridized carbons (Fsp3) is 0.706. The van der Waals surface area contributed by atoms with Crippen molar-refractivity contribution in [3.8, 4) is 0 Å². The monoisotopic (exact) mass is 280 g/mol. The summed E-state index contributed by atoms with van der Waals surface area (Å²) >= 11 is 0. The SMILES string of the molecule is CCCCCCCCCCC(NC)c1ccncc1F. The van der Waals surface area contributed by atoms with Crippen LogP contribution in [0.3, 0.4) is 0 Å². The van der Waals surface area contributed by atoms with Crippen LogP contribution in [0.1, 0.15) is 76.3 Å². The largest absolute Gasteiger partial charge is 0.313 e. The second-order valence-electron chi connectivity index (χ2n) is 5.50. The Kier molecular flexibility index (Phi) is 9.22. The minimum atomic E-state index is -0.202. The number of nitrogens with one attached hydrogen (secondary N) is 1. The molecule has 1 rings (SSSR count). The lowest BCUT2D eigenvalue weighted by Gasteiger charge is -2.16. The first-order valence-electron chi connectivity index (χ1n) is 8.06. The maximum atomic E-state index is 13.7. The van der Waals surface area contributed by atoms with Gasteiger partial charge in [-0.25, -0.2) is 4.39 Å². The second-order valence-corrected chi connectivity index (χ2v) is 5.50. The summed E-state index contributed by atoms with van der Waals surface area (Å²) in [4.78, 5) is 3.80. The number of rotatable bonds is 11. The van der Waals surface area contributed by atoms with Crippen LogP contribution in [0.2, 0.25) is 0 Å². The molecule has 0 saturated heterocycles. The van der Waals surface area contributed by atoms with Gasteiger partial charge in [0.2, 0.25) is 0 Å². The Morgan fingerprint density at radius 1 is 1.10 bits per heavy atom. The minimum Gasteiger partial charge on any atom is -0.313 e. The molecule has 0 spiro atoms. The Labute approximate surface area is 123 Å². The molecule has 0 bridgehead atoms. The van der Waals surface area contributed by atoms with Gasteiger partial charge in [0.25, 0.3) is 0 Å². The van der Waals surface area contributed by atoms with Gasteiger partial charge in [-0.1, -0.05) is 58.3 Å². The molecule has 1 aromatic rings. The van der Waals surface area contributed by atoms with Crippen molar-refractivity contribution >= 4 is 0 Å². The first-order valence-corrected chi connectivity index (χ1v) is 8.06. The van der Waals surface area contributed by atoms with E-state index in [1.807, 2.05) is 7.05 Å². The average Bonchev–Trinajstić information content (AvgIpc) is 2.47. The van der Waals surface area contributed by atoms with E-state index in [0.29, 0.717) is 0 Å². The Hall–Kier alpha value is -0.960. The van der Waals surface area contributed by atoms with Crippen LogP contribution in [0, 0.1) is 5.82 Å². The van der Waals surface area contributed by atoms with E-state index in [-0.39, 0.29) is 11.9 Å².